The van der Waals surface area contributed by atoms with Crippen LogP contribution in [0.1, 0.15) is 26.3 Å². The Balaban J connectivity index is 0.00000480. The first-order valence-corrected chi connectivity index (χ1v) is 10.7. The molecule has 0 fully saturated rings. The van der Waals surface area contributed by atoms with E-state index < -0.39 is 4.92 Å². The summed E-state index contributed by atoms with van der Waals surface area (Å²) in [5, 5.41) is 19.5. The summed E-state index contributed by atoms with van der Waals surface area (Å²) in [5.41, 5.74) is 3.25. The molecule has 2 rings (SSSR count). The molecular formula is C22H31Cl2N5O2. The van der Waals surface area contributed by atoms with Gasteiger partial charge in [-0.15, -0.1) is 5.11 Å². The third kappa shape index (κ3) is 7.16. The first-order valence-electron chi connectivity index (χ1n) is 10.3. The third-order valence-corrected chi connectivity index (χ3v) is 6.07. The highest BCUT2D eigenvalue weighted by atomic mass is 35.5. The maximum atomic E-state index is 10.8. The van der Waals surface area contributed by atoms with Crippen LogP contribution in [0.5, 0.6) is 0 Å². The van der Waals surface area contributed by atoms with Crippen molar-refractivity contribution >= 4 is 34.4 Å². The highest BCUT2D eigenvalue weighted by Crippen LogP contribution is 2.32. The van der Waals surface area contributed by atoms with Crippen LogP contribution in [-0.4, -0.2) is 49.2 Å². The van der Waals surface area contributed by atoms with Gasteiger partial charge >= 0.3 is 0 Å². The zero-order valence-electron chi connectivity index (χ0n) is 18.8. The molecule has 0 N–H and O–H groups in total. The van der Waals surface area contributed by atoms with Gasteiger partial charge in [-0.1, -0.05) is 11.6 Å². The Labute approximate surface area is 195 Å². The summed E-state index contributed by atoms with van der Waals surface area (Å²) in [6.45, 7) is 13.9. The van der Waals surface area contributed by atoms with E-state index in [0.717, 1.165) is 48.5 Å². The predicted molar refractivity (Wildman–Crippen MR) is 123 cm³/mol. The lowest BCUT2D eigenvalue weighted by atomic mass is 10.1. The predicted octanol–water partition coefficient (Wildman–Crippen LogP) is 3.29. The minimum absolute atomic E-state index is 0. The Bertz CT molecular complexity index is 917. The van der Waals surface area contributed by atoms with Crippen molar-refractivity contribution < 1.29 is 21.8 Å². The van der Waals surface area contributed by atoms with E-state index in [-0.39, 0.29) is 23.1 Å². The second kappa shape index (κ2) is 12.0. The number of benzene rings is 2. The van der Waals surface area contributed by atoms with E-state index >= 15 is 0 Å². The molecule has 31 heavy (non-hydrogen) atoms. The zero-order chi connectivity index (χ0) is 22.3. The van der Waals surface area contributed by atoms with Crippen LogP contribution >= 0.6 is 11.6 Å². The molecule has 0 bridgehead atoms. The SMILES string of the molecule is CCN(CC[N+](C)(CC)CC)c1ccc(N=Nc2ccc([N+](=O)[O-])cc2Cl)c(C)c1.[Cl-]. The summed E-state index contributed by atoms with van der Waals surface area (Å²) in [5.74, 6) is 0. The summed E-state index contributed by atoms with van der Waals surface area (Å²) in [7, 11) is 2.30. The molecule has 0 aliphatic heterocycles. The number of nitro benzene ring substituents is 1. The molecule has 0 aliphatic carbocycles. The number of quaternary nitrogens is 1. The molecule has 2 aromatic carbocycles. The van der Waals surface area contributed by atoms with Gasteiger partial charge in [0.1, 0.15) is 5.69 Å². The molecule has 9 heteroatoms. The van der Waals surface area contributed by atoms with Gasteiger partial charge in [0.2, 0.25) is 0 Å². The van der Waals surface area contributed by atoms with E-state index in [1.807, 2.05) is 13.0 Å². The number of hydrogen-bond acceptors (Lipinski definition) is 5. The number of likely N-dealkylation sites (N-methyl/N-ethyl adjacent to an activating group) is 2. The first kappa shape index (κ1) is 26.8. The largest absolute Gasteiger partial charge is 1.00 e. The van der Waals surface area contributed by atoms with Crippen LogP contribution in [-0.2, 0) is 0 Å². The van der Waals surface area contributed by atoms with E-state index in [4.69, 9.17) is 11.6 Å². The van der Waals surface area contributed by atoms with Crippen LogP contribution in [0.25, 0.3) is 0 Å². The fourth-order valence-electron chi connectivity index (χ4n) is 3.12. The highest BCUT2D eigenvalue weighted by molar-refractivity contribution is 6.33. The van der Waals surface area contributed by atoms with E-state index in [9.17, 15) is 10.1 Å². The number of non-ortho nitro benzene ring substituents is 1. The van der Waals surface area contributed by atoms with E-state index in [2.05, 4.69) is 55.1 Å². The van der Waals surface area contributed by atoms with Gasteiger partial charge < -0.3 is 21.8 Å². The molecule has 0 spiro atoms. The average Bonchev–Trinajstić information content (AvgIpc) is 2.74. The smallest absolute Gasteiger partial charge is 0.271 e. The van der Waals surface area contributed by atoms with Gasteiger partial charge in [-0.05, 0) is 57.5 Å². The summed E-state index contributed by atoms with van der Waals surface area (Å²) in [6.07, 6.45) is 0. The molecule has 7 nitrogen and oxygen atoms in total. The number of nitro groups is 1. The molecule has 170 valence electrons. The fourth-order valence-corrected chi connectivity index (χ4v) is 3.33. The van der Waals surface area contributed by atoms with Crippen molar-refractivity contribution in [2.24, 2.45) is 10.2 Å². The quantitative estimate of drug-likeness (QED) is 0.233. The Kier molecular flexibility index (Phi) is 10.4. The molecule has 0 aliphatic rings. The number of halogens is 2. The van der Waals surface area contributed by atoms with Crippen molar-refractivity contribution in [3.8, 4) is 0 Å². The van der Waals surface area contributed by atoms with Crippen LogP contribution in [0.3, 0.4) is 0 Å². The van der Waals surface area contributed by atoms with Gasteiger partial charge in [-0.2, -0.15) is 5.11 Å². The molecule has 0 unspecified atom stereocenters. The van der Waals surface area contributed by atoms with Crippen molar-refractivity contribution in [3.05, 3.63) is 57.1 Å². The van der Waals surface area contributed by atoms with Crippen LogP contribution in [0, 0.1) is 17.0 Å². The number of hydrogen-bond donors (Lipinski definition) is 0. The van der Waals surface area contributed by atoms with Gasteiger partial charge in [0.25, 0.3) is 5.69 Å². The van der Waals surface area contributed by atoms with Crippen molar-refractivity contribution in [2.45, 2.75) is 27.7 Å². The standard InChI is InChI=1S/C22H31ClN5O2.ClH/c1-6-26(13-14-28(5,7-2)8-3)18-9-11-21(17(4)15-18)24-25-22-12-10-19(27(29)30)16-20(22)23;/h9-12,15-16H,6-8,13-14H2,1-5H3;1H/q+1;/p-1. The number of anilines is 1. The van der Waals surface area contributed by atoms with Crippen LogP contribution in [0.2, 0.25) is 5.02 Å². The molecule has 0 aromatic heterocycles. The minimum Gasteiger partial charge on any atom is -1.00 e. The maximum Gasteiger partial charge on any atom is 0.271 e. The molecule has 0 heterocycles. The fraction of sp³-hybridized carbons (Fsp3) is 0.455. The normalized spacial score (nSPS) is 11.4. The average molecular weight is 468 g/mol. The Morgan fingerprint density at radius 1 is 1.06 bits per heavy atom. The highest BCUT2D eigenvalue weighted by Gasteiger charge is 2.18. The molecule has 0 amide bonds. The van der Waals surface area contributed by atoms with Gasteiger partial charge in [-0.25, -0.2) is 0 Å². The lowest BCUT2D eigenvalue weighted by molar-refractivity contribution is -0.904. The number of rotatable bonds is 10. The van der Waals surface area contributed by atoms with Crippen molar-refractivity contribution in [3.63, 3.8) is 0 Å². The minimum atomic E-state index is -0.488. The monoisotopic (exact) mass is 467 g/mol. The van der Waals surface area contributed by atoms with Gasteiger partial charge in [0, 0.05) is 24.4 Å². The third-order valence-electron chi connectivity index (χ3n) is 5.77. The van der Waals surface area contributed by atoms with Crippen LogP contribution < -0.4 is 17.3 Å². The summed E-state index contributed by atoms with van der Waals surface area (Å²) in [4.78, 5) is 12.7. The van der Waals surface area contributed by atoms with Gasteiger partial charge in [0.15, 0.2) is 0 Å². The summed E-state index contributed by atoms with van der Waals surface area (Å²) < 4.78 is 1.05. The molecule has 0 radical (unpaired) electrons. The second-order valence-corrected chi connectivity index (χ2v) is 8.03. The molecule has 2 aromatic rings. The van der Waals surface area contributed by atoms with Gasteiger partial charge in [-0.3, -0.25) is 10.1 Å². The topological polar surface area (TPSA) is 71.1 Å². The molecule has 0 atom stereocenters. The Morgan fingerprint density at radius 2 is 1.68 bits per heavy atom. The number of azo groups is 1. The number of aryl methyl sites for hydroxylation is 1. The molecule has 0 saturated carbocycles. The zero-order valence-corrected chi connectivity index (χ0v) is 20.3. The second-order valence-electron chi connectivity index (χ2n) is 7.62. The molecule has 0 saturated heterocycles. The lowest BCUT2D eigenvalue weighted by Crippen LogP contribution is -3.00. The van der Waals surface area contributed by atoms with Crippen molar-refractivity contribution in [1.82, 2.24) is 0 Å². The first-order chi connectivity index (χ1) is 14.2. The summed E-state index contributed by atoms with van der Waals surface area (Å²) >= 11 is 6.09. The van der Waals surface area contributed by atoms with Crippen LogP contribution in [0.4, 0.5) is 22.7 Å². The summed E-state index contributed by atoms with van der Waals surface area (Å²) in [6, 6.07) is 10.3. The van der Waals surface area contributed by atoms with Crippen molar-refractivity contribution in [1.29, 1.82) is 0 Å². The lowest BCUT2D eigenvalue weighted by Gasteiger charge is -2.35. The van der Waals surface area contributed by atoms with E-state index in [1.54, 1.807) is 0 Å². The Hall–Kier alpha value is -2.22. The van der Waals surface area contributed by atoms with Gasteiger partial charge in [0.05, 0.1) is 48.9 Å². The van der Waals surface area contributed by atoms with E-state index in [0.29, 0.717) is 5.69 Å². The van der Waals surface area contributed by atoms with Crippen molar-refractivity contribution in [2.75, 3.05) is 44.7 Å². The number of nitrogens with zero attached hydrogens (tertiary/aromatic N) is 5. The molecular weight excluding hydrogens is 437 g/mol. The van der Waals surface area contributed by atoms with E-state index in [1.165, 1.54) is 23.9 Å². The Morgan fingerprint density at radius 3 is 2.19 bits per heavy atom. The maximum absolute atomic E-state index is 10.8. The van der Waals surface area contributed by atoms with Crippen LogP contribution in [0.15, 0.2) is 46.6 Å².